The summed E-state index contributed by atoms with van der Waals surface area (Å²) in [6.07, 6.45) is -0.580. The van der Waals surface area contributed by atoms with Gasteiger partial charge in [-0.2, -0.15) is 0 Å². The summed E-state index contributed by atoms with van der Waals surface area (Å²) in [7, 11) is 2.04. The number of rotatable bonds is 4. The van der Waals surface area contributed by atoms with Gasteiger partial charge in [0.05, 0.1) is 11.1 Å². The Labute approximate surface area is 130 Å². The molecule has 0 aromatic heterocycles. The number of carbonyl (C=O) groups excluding carboxylic acids is 1. The molecule has 1 aliphatic heterocycles. The van der Waals surface area contributed by atoms with Crippen LogP contribution >= 0.6 is 11.6 Å². The van der Waals surface area contributed by atoms with Crippen LogP contribution in [0.5, 0.6) is 5.75 Å². The van der Waals surface area contributed by atoms with E-state index in [0.717, 1.165) is 31.7 Å². The Bertz CT molecular complexity index is 500. The highest BCUT2D eigenvalue weighted by Gasteiger charge is 2.19. The molecule has 1 aromatic carbocycles. The highest BCUT2D eigenvalue weighted by molar-refractivity contribution is 6.32. The summed E-state index contributed by atoms with van der Waals surface area (Å²) in [6, 6.07) is 5.08. The van der Waals surface area contributed by atoms with Crippen molar-refractivity contribution in [3.05, 3.63) is 28.8 Å². The van der Waals surface area contributed by atoms with Crippen molar-refractivity contribution < 1.29 is 14.6 Å². The molecule has 21 heavy (non-hydrogen) atoms. The summed E-state index contributed by atoms with van der Waals surface area (Å²) in [5.41, 5.74) is 0.720. The van der Waals surface area contributed by atoms with E-state index in [1.165, 1.54) is 0 Å². The topological polar surface area (TPSA) is 53.0 Å². The van der Waals surface area contributed by atoms with Gasteiger partial charge in [0, 0.05) is 26.2 Å². The minimum atomic E-state index is -0.580. The highest BCUT2D eigenvalue weighted by Crippen LogP contribution is 2.27. The zero-order valence-electron chi connectivity index (χ0n) is 12.4. The van der Waals surface area contributed by atoms with E-state index in [4.69, 9.17) is 16.3 Å². The Hall–Kier alpha value is -1.30. The van der Waals surface area contributed by atoms with Gasteiger partial charge in [0.2, 0.25) is 0 Å². The average molecular weight is 313 g/mol. The minimum absolute atomic E-state index is 0.0164. The summed E-state index contributed by atoms with van der Waals surface area (Å²) < 4.78 is 5.49. The monoisotopic (exact) mass is 312 g/mol. The van der Waals surface area contributed by atoms with Gasteiger partial charge in [0.15, 0.2) is 6.61 Å². The average Bonchev–Trinajstić information content (AvgIpc) is 2.46. The zero-order chi connectivity index (χ0) is 15.4. The number of hydrogen-bond donors (Lipinski definition) is 1. The van der Waals surface area contributed by atoms with Crippen molar-refractivity contribution in [2.24, 2.45) is 0 Å². The fourth-order valence-corrected chi connectivity index (χ4v) is 2.42. The van der Waals surface area contributed by atoms with E-state index in [2.05, 4.69) is 4.90 Å². The van der Waals surface area contributed by atoms with Gasteiger partial charge < -0.3 is 19.6 Å². The second-order valence-electron chi connectivity index (χ2n) is 5.34. The van der Waals surface area contributed by atoms with Crippen LogP contribution < -0.4 is 4.74 Å². The van der Waals surface area contributed by atoms with Gasteiger partial charge >= 0.3 is 0 Å². The molecule has 5 nitrogen and oxygen atoms in total. The van der Waals surface area contributed by atoms with Gasteiger partial charge in [-0.1, -0.05) is 17.7 Å². The lowest BCUT2D eigenvalue weighted by Crippen LogP contribution is -2.48. The van der Waals surface area contributed by atoms with Crippen LogP contribution in [0.4, 0.5) is 0 Å². The fraction of sp³-hybridized carbons (Fsp3) is 0.533. The van der Waals surface area contributed by atoms with Gasteiger partial charge in [-0.25, -0.2) is 0 Å². The molecule has 1 heterocycles. The smallest absolute Gasteiger partial charge is 0.260 e. The normalized spacial score (nSPS) is 17.6. The largest absolute Gasteiger partial charge is 0.482 e. The number of ether oxygens (including phenoxy) is 1. The summed E-state index contributed by atoms with van der Waals surface area (Å²) in [6.45, 7) is 4.88. The van der Waals surface area contributed by atoms with Crippen molar-refractivity contribution >= 4 is 17.5 Å². The molecule has 0 spiro atoms. The first-order chi connectivity index (χ1) is 9.97. The maximum atomic E-state index is 12.1. The molecule has 1 atom stereocenters. The molecule has 0 radical (unpaired) electrons. The van der Waals surface area contributed by atoms with E-state index in [0.29, 0.717) is 10.8 Å². The molecule has 0 saturated carbocycles. The molecule has 1 saturated heterocycles. The lowest BCUT2D eigenvalue weighted by molar-refractivity contribution is -0.134. The molecule has 1 aromatic rings. The van der Waals surface area contributed by atoms with Crippen LogP contribution in [-0.2, 0) is 4.79 Å². The van der Waals surface area contributed by atoms with Crippen molar-refractivity contribution in [3.8, 4) is 5.75 Å². The molecule has 1 amide bonds. The maximum absolute atomic E-state index is 12.1. The second-order valence-corrected chi connectivity index (χ2v) is 5.75. The van der Waals surface area contributed by atoms with E-state index >= 15 is 0 Å². The summed E-state index contributed by atoms with van der Waals surface area (Å²) >= 11 is 6.09. The van der Waals surface area contributed by atoms with E-state index in [1.807, 2.05) is 7.05 Å². The molecular formula is C15H21ClN2O3. The summed E-state index contributed by atoms with van der Waals surface area (Å²) in [5, 5.41) is 9.89. The maximum Gasteiger partial charge on any atom is 0.260 e. The van der Waals surface area contributed by atoms with E-state index < -0.39 is 6.10 Å². The van der Waals surface area contributed by atoms with Crippen LogP contribution in [0.15, 0.2) is 18.2 Å². The Kier molecular flexibility index (Phi) is 5.45. The molecule has 1 aliphatic rings. The van der Waals surface area contributed by atoms with Gasteiger partial charge in [-0.15, -0.1) is 0 Å². The van der Waals surface area contributed by atoms with Gasteiger partial charge in [0.25, 0.3) is 5.91 Å². The van der Waals surface area contributed by atoms with E-state index in [-0.39, 0.29) is 12.5 Å². The molecule has 0 bridgehead atoms. The quantitative estimate of drug-likeness (QED) is 0.916. The van der Waals surface area contributed by atoms with Crippen LogP contribution in [-0.4, -0.2) is 60.6 Å². The molecule has 116 valence electrons. The number of carbonyl (C=O) groups is 1. The van der Waals surface area contributed by atoms with Gasteiger partial charge in [-0.3, -0.25) is 4.79 Å². The van der Waals surface area contributed by atoms with Crippen LogP contribution in [0.2, 0.25) is 5.02 Å². The van der Waals surface area contributed by atoms with Crippen molar-refractivity contribution in [1.82, 2.24) is 9.80 Å². The number of halogens is 1. The number of piperazine rings is 1. The third-order valence-electron chi connectivity index (χ3n) is 3.65. The Morgan fingerprint density at radius 2 is 2.05 bits per heavy atom. The first-order valence-corrected chi connectivity index (χ1v) is 7.42. The molecule has 6 heteroatoms. The number of benzene rings is 1. The molecule has 1 fully saturated rings. The number of nitrogens with zero attached hydrogens (tertiary/aromatic N) is 2. The van der Waals surface area contributed by atoms with Crippen molar-refractivity contribution in [3.63, 3.8) is 0 Å². The van der Waals surface area contributed by atoms with Crippen LogP contribution in [0, 0.1) is 0 Å². The van der Waals surface area contributed by atoms with Crippen LogP contribution in [0.3, 0.4) is 0 Å². The Morgan fingerprint density at radius 3 is 2.62 bits per heavy atom. The van der Waals surface area contributed by atoms with E-state index in [9.17, 15) is 9.90 Å². The number of aliphatic hydroxyl groups excluding tert-OH is 1. The lowest BCUT2D eigenvalue weighted by atomic mass is 10.1. The summed E-state index contributed by atoms with van der Waals surface area (Å²) in [5.74, 6) is 0.433. The third-order valence-corrected chi connectivity index (χ3v) is 3.94. The fourth-order valence-electron chi connectivity index (χ4n) is 2.18. The Balaban J connectivity index is 1.89. The number of aliphatic hydroxyl groups is 1. The predicted molar refractivity (Wildman–Crippen MR) is 81.7 cm³/mol. The number of amides is 1. The summed E-state index contributed by atoms with van der Waals surface area (Å²) in [4.78, 5) is 16.1. The Morgan fingerprint density at radius 1 is 1.38 bits per heavy atom. The first kappa shape index (κ1) is 16.1. The van der Waals surface area contributed by atoms with Crippen molar-refractivity contribution in [1.29, 1.82) is 0 Å². The first-order valence-electron chi connectivity index (χ1n) is 7.04. The van der Waals surface area contributed by atoms with E-state index in [1.54, 1.807) is 30.0 Å². The number of hydrogen-bond acceptors (Lipinski definition) is 4. The highest BCUT2D eigenvalue weighted by atomic mass is 35.5. The van der Waals surface area contributed by atoms with Crippen molar-refractivity contribution in [2.45, 2.75) is 13.0 Å². The second kappa shape index (κ2) is 7.11. The number of likely N-dealkylation sites (N-methyl/N-ethyl adjacent to an activating group) is 1. The molecule has 2 rings (SSSR count). The molecular weight excluding hydrogens is 292 g/mol. The van der Waals surface area contributed by atoms with Gasteiger partial charge in [-0.05, 0) is 31.7 Å². The molecule has 1 unspecified atom stereocenters. The molecule has 0 aliphatic carbocycles. The molecule has 1 N–H and O–H groups in total. The SMILES string of the molecule is CC(O)c1ccc(OCC(=O)N2CCN(C)CC2)c(Cl)c1. The van der Waals surface area contributed by atoms with Crippen molar-refractivity contribution in [2.75, 3.05) is 39.8 Å². The van der Waals surface area contributed by atoms with Crippen LogP contribution in [0.25, 0.3) is 0 Å². The lowest BCUT2D eigenvalue weighted by Gasteiger charge is -2.32. The minimum Gasteiger partial charge on any atom is -0.482 e. The predicted octanol–water partition coefficient (Wildman–Crippen LogP) is 1.55. The standard InChI is InChI=1S/C15H21ClN2O3/c1-11(19)12-3-4-14(13(16)9-12)21-10-15(20)18-7-5-17(2)6-8-18/h3-4,9,11,19H,5-8,10H2,1-2H3. The zero-order valence-corrected chi connectivity index (χ0v) is 13.1. The van der Waals surface area contributed by atoms with Crippen LogP contribution in [0.1, 0.15) is 18.6 Å². The van der Waals surface area contributed by atoms with Gasteiger partial charge in [0.1, 0.15) is 5.75 Å². The third kappa shape index (κ3) is 4.33.